The minimum atomic E-state index is -0.348. The third-order valence-corrected chi connectivity index (χ3v) is 4.46. The fourth-order valence-electron chi connectivity index (χ4n) is 2.87. The van der Waals surface area contributed by atoms with Crippen molar-refractivity contribution in [2.24, 2.45) is 7.05 Å². The molecule has 0 aromatic carbocycles. The van der Waals surface area contributed by atoms with Crippen molar-refractivity contribution in [3.8, 4) is 11.6 Å². The van der Waals surface area contributed by atoms with Crippen LogP contribution in [0, 0.1) is 6.92 Å². The highest BCUT2D eigenvalue weighted by atomic mass is 35.5. The van der Waals surface area contributed by atoms with Gasteiger partial charge in [-0.1, -0.05) is 17.7 Å². The molecule has 0 aliphatic carbocycles. The summed E-state index contributed by atoms with van der Waals surface area (Å²) >= 11 is 6.20. The van der Waals surface area contributed by atoms with Crippen LogP contribution in [-0.4, -0.2) is 30.1 Å². The number of halogens is 1. The van der Waals surface area contributed by atoms with Gasteiger partial charge in [-0.05, 0) is 37.3 Å². The van der Waals surface area contributed by atoms with Crippen LogP contribution in [0.15, 0.2) is 55.0 Å². The first-order valence-electron chi connectivity index (χ1n) is 8.76. The summed E-state index contributed by atoms with van der Waals surface area (Å²) in [5, 5.41) is 7.46. The third kappa shape index (κ3) is 3.83. The summed E-state index contributed by atoms with van der Waals surface area (Å²) in [4.78, 5) is 20.8. The monoisotopic (exact) mass is 408 g/mol. The van der Waals surface area contributed by atoms with Crippen molar-refractivity contribution in [2.45, 2.75) is 6.92 Å². The van der Waals surface area contributed by atoms with Crippen LogP contribution in [0.2, 0.25) is 5.15 Å². The van der Waals surface area contributed by atoms with Crippen LogP contribution in [0.25, 0.3) is 11.7 Å². The number of amides is 1. The molecule has 1 amide bonds. The second kappa shape index (κ2) is 7.76. The molecule has 0 spiro atoms. The van der Waals surface area contributed by atoms with Crippen molar-refractivity contribution < 1.29 is 9.53 Å². The smallest absolute Gasteiger partial charge is 0.248 e. The van der Waals surface area contributed by atoms with Crippen LogP contribution in [0.5, 0.6) is 11.6 Å². The molecule has 4 heterocycles. The highest BCUT2D eigenvalue weighted by molar-refractivity contribution is 6.31. The van der Waals surface area contributed by atoms with Gasteiger partial charge >= 0.3 is 0 Å². The predicted molar refractivity (Wildman–Crippen MR) is 110 cm³/mol. The lowest BCUT2D eigenvalue weighted by Gasteiger charge is -2.08. The van der Waals surface area contributed by atoms with Gasteiger partial charge in [0, 0.05) is 25.5 Å². The molecule has 8 nitrogen and oxygen atoms in total. The molecule has 0 aliphatic rings. The van der Waals surface area contributed by atoms with Crippen molar-refractivity contribution in [1.82, 2.24) is 24.1 Å². The van der Waals surface area contributed by atoms with Crippen LogP contribution in [0.3, 0.4) is 0 Å². The number of carbonyl (C=O) groups is 1. The molecule has 0 radical (unpaired) electrons. The SMILES string of the molecule is Cc1nn(C)c(Oc2cccnc2)c1NC(=O)C=Cc1c(Cl)nc2ccccn12. The standard InChI is InChI=1S/C20H17ClN6O2/c1-13-18(20(26(2)25-13)29-14-6-5-10-22-12-14)24-17(28)9-8-15-19(21)23-16-7-3-4-11-27(15)16/h3-12H,1-2H3,(H,24,28). The fraction of sp³-hybridized carbons (Fsp3) is 0.100. The molecule has 4 aromatic heterocycles. The summed E-state index contributed by atoms with van der Waals surface area (Å²) in [6.07, 6.45) is 8.07. The zero-order chi connectivity index (χ0) is 20.4. The molecule has 0 fully saturated rings. The summed E-state index contributed by atoms with van der Waals surface area (Å²) < 4.78 is 9.22. The van der Waals surface area contributed by atoms with Gasteiger partial charge in [0.15, 0.2) is 5.15 Å². The molecule has 29 heavy (non-hydrogen) atoms. The second-order valence-electron chi connectivity index (χ2n) is 6.22. The highest BCUT2D eigenvalue weighted by Crippen LogP contribution is 2.31. The number of hydrogen-bond acceptors (Lipinski definition) is 5. The summed E-state index contributed by atoms with van der Waals surface area (Å²) in [5.74, 6) is 0.600. The minimum absolute atomic E-state index is 0.318. The summed E-state index contributed by atoms with van der Waals surface area (Å²) in [6, 6.07) is 9.11. The number of pyridine rings is 2. The Bertz CT molecular complexity index is 1210. The number of imidazole rings is 1. The van der Waals surface area contributed by atoms with Gasteiger partial charge in [0.1, 0.15) is 17.1 Å². The number of anilines is 1. The van der Waals surface area contributed by atoms with Gasteiger partial charge < -0.3 is 10.1 Å². The average molecular weight is 409 g/mol. The van der Waals surface area contributed by atoms with Crippen LogP contribution in [-0.2, 0) is 11.8 Å². The van der Waals surface area contributed by atoms with Gasteiger partial charge in [0.05, 0.1) is 17.6 Å². The van der Waals surface area contributed by atoms with E-state index in [1.165, 1.54) is 6.08 Å². The third-order valence-electron chi connectivity index (χ3n) is 4.18. The number of aryl methyl sites for hydroxylation is 2. The van der Waals surface area contributed by atoms with E-state index >= 15 is 0 Å². The molecule has 4 aromatic rings. The maximum Gasteiger partial charge on any atom is 0.248 e. The van der Waals surface area contributed by atoms with E-state index in [4.69, 9.17) is 16.3 Å². The molecular formula is C20H17ClN6O2. The normalized spacial score (nSPS) is 11.3. The van der Waals surface area contributed by atoms with Crippen LogP contribution in [0.4, 0.5) is 5.69 Å². The molecule has 4 rings (SSSR count). The van der Waals surface area contributed by atoms with Crippen LogP contribution < -0.4 is 10.1 Å². The molecule has 0 unspecified atom stereocenters. The maximum atomic E-state index is 12.5. The Morgan fingerprint density at radius 3 is 2.93 bits per heavy atom. The number of fused-ring (bicyclic) bond motifs is 1. The van der Waals surface area contributed by atoms with E-state index in [0.717, 1.165) is 0 Å². The van der Waals surface area contributed by atoms with Crippen molar-refractivity contribution in [3.63, 3.8) is 0 Å². The molecule has 0 bridgehead atoms. The van der Waals surface area contributed by atoms with Crippen molar-refractivity contribution in [2.75, 3.05) is 5.32 Å². The Morgan fingerprint density at radius 1 is 1.28 bits per heavy atom. The Labute approximate surface area is 171 Å². The molecule has 0 saturated heterocycles. The number of ether oxygens (including phenoxy) is 1. The highest BCUT2D eigenvalue weighted by Gasteiger charge is 2.17. The molecule has 0 aliphatic heterocycles. The van der Waals surface area contributed by atoms with Crippen LogP contribution >= 0.6 is 11.6 Å². The van der Waals surface area contributed by atoms with Gasteiger partial charge in [0.25, 0.3) is 0 Å². The van der Waals surface area contributed by atoms with E-state index in [9.17, 15) is 4.79 Å². The lowest BCUT2D eigenvalue weighted by Crippen LogP contribution is -2.09. The van der Waals surface area contributed by atoms with Crippen LogP contribution in [0.1, 0.15) is 11.4 Å². The van der Waals surface area contributed by atoms with Crippen molar-refractivity contribution in [3.05, 3.63) is 71.5 Å². The van der Waals surface area contributed by atoms with Gasteiger partial charge in [-0.2, -0.15) is 5.10 Å². The summed E-state index contributed by atoms with van der Waals surface area (Å²) in [7, 11) is 1.74. The van der Waals surface area contributed by atoms with E-state index in [0.29, 0.717) is 39.5 Å². The Hall–Kier alpha value is -3.65. The first kappa shape index (κ1) is 18.7. The van der Waals surface area contributed by atoms with Gasteiger partial charge in [-0.15, -0.1) is 0 Å². The van der Waals surface area contributed by atoms with Gasteiger partial charge in [-0.25, -0.2) is 9.67 Å². The predicted octanol–water partition coefficient (Wildman–Crippen LogP) is 3.87. The topological polar surface area (TPSA) is 86.3 Å². The summed E-state index contributed by atoms with van der Waals surface area (Å²) in [5.41, 5.74) is 2.43. The molecule has 1 N–H and O–H groups in total. The number of aromatic nitrogens is 5. The minimum Gasteiger partial charge on any atom is -0.436 e. The van der Waals surface area contributed by atoms with Gasteiger partial charge in [0.2, 0.25) is 11.8 Å². The quantitative estimate of drug-likeness (QED) is 0.506. The van der Waals surface area contributed by atoms with E-state index in [1.54, 1.807) is 53.7 Å². The largest absolute Gasteiger partial charge is 0.436 e. The Morgan fingerprint density at radius 2 is 2.14 bits per heavy atom. The Kier molecular flexibility index (Phi) is 5.01. The maximum absolute atomic E-state index is 12.5. The van der Waals surface area contributed by atoms with E-state index in [1.807, 2.05) is 24.4 Å². The van der Waals surface area contributed by atoms with E-state index in [2.05, 4.69) is 20.4 Å². The fourth-order valence-corrected chi connectivity index (χ4v) is 3.11. The first-order valence-corrected chi connectivity index (χ1v) is 9.14. The lowest BCUT2D eigenvalue weighted by atomic mass is 10.3. The molecule has 0 atom stereocenters. The second-order valence-corrected chi connectivity index (χ2v) is 6.58. The molecule has 146 valence electrons. The van der Waals surface area contributed by atoms with E-state index < -0.39 is 0 Å². The van der Waals surface area contributed by atoms with Crippen molar-refractivity contribution >= 4 is 34.9 Å². The van der Waals surface area contributed by atoms with Gasteiger partial charge in [-0.3, -0.25) is 14.2 Å². The van der Waals surface area contributed by atoms with Crippen molar-refractivity contribution in [1.29, 1.82) is 0 Å². The summed E-state index contributed by atoms with van der Waals surface area (Å²) in [6.45, 7) is 1.79. The number of hydrogen-bond donors (Lipinski definition) is 1. The zero-order valence-corrected chi connectivity index (χ0v) is 16.5. The average Bonchev–Trinajstić information content (AvgIpc) is 3.17. The zero-order valence-electron chi connectivity index (χ0n) is 15.7. The Balaban J connectivity index is 1.57. The lowest BCUT2D eigenvalue weighted by molar-refractivity contribution is -0.111. The molecule has 9 heteroatoms. The molecular weight excluding hydrogens is 392 g/mol. The number of nitrogens with one attached hydrogen (secondary N) is 1. The number of nitrogens with zero attached hydrogens (tertiary/aromatic N) is 5. The number of carbonyl (C=O) groups excluding carboxylic acids is 1. The van der Waals surface area contributed by atoms with E-state index in [-0.39, 0.29) is 5.91 Å². The molecule has 0 saturated carbocycles. The first-order chi connectivity index (χ1) is 14.0. The number of rotatable bonds is 5.